The molecule has 1 aromatic heterocycles. The van der Waals surface area contributed by atoms with Crippen LogP contribution in [0.4, 0.5) is 11.4 Å². The average Bonchev–Trinajstić information content (AvgIpc) is 3.11. The normalized spacial score (nSPS) is 12.1. The molecular weight excluding hydrogens is 374 g/mol. The first kappa shape index (κ1) is 21.5. The van der Waals surface area contributed by atoms with Crippen molar-refractivity contribution in [2.45, 2.75) is 52.4 Å². The number of phenols is 1. The molecule has 1 amide bonds. The molecule has 3 rings (SSSR count). The van der Waals surface area contributed by atoms with Crippen LogP contribution >= 0.6 is 0 Å². The number of nitrogen functional groups attached to an aromatic ring is 1. The molecule has 5 heteroatoms. The SMILES string of the molecule is CC(C)(C)c1cc(NC(=O)c2cccn2-c2ccc(N)cc2)cc(C(C)(C)C)c1O. The number of aromatic hydroxyl groups is 1. The van der Waals surface area contributed by atoms with E-state index in [9.17, 15) is 9.90 Å². The van der Waals surface area contributed by atoms with Crippen molar-refractivity contribution in [2.24, 2.45) is 0 Å². The van der Waals surface area contributed by atoms with E-state index in [4.69, 9.17) is 5.73 Å². The van der Waals surface area contributed by atoms with Gasteiger partial charge < -0.3 is 20.7 Å². The molecule has 0 fully saturated rings. The van der Waals surface area contributed by atoms with Crippen molar-refractivity contribution in [1.29, 1.82) is 0 Å². The Morgan fingerprint density at radius 1 is 0.933 bits per heavy atom. The molecule has 0 atom stereocenters. The van der Waals surface area contributed by atoms with Crippen LogP contribution in [-0.2, 0) is 10.8 Å². The summed E-state index contributed by atoms with van der Waals surface area (Å²) in [6.07, 6.45) is 1.85. The average molecular weight is 406 g/mol. The Bertz CT molecular complexity index is 1030. The van der Waals surface area contributed by atoms with Gasteiger partial charge in [-0.3, -0.25) is 4.79 Å². The quantitative estimate of drug-likeness (QED) is 0.391. The highest BCUT2D eigenvalue weighted by Gasteiger charge is 2.27. The molecule has 0 spiro atoms. The van der Waals surface area contributed by atoms with E-state index in [0.717, 1.165) is 16.8 Å². The number of hydrogen-bond acceptors (Lipinski definition) is 3. The Morgan fingerprint density at radius 3 is 1.97 bits per heavy atom. The minimum atomic E-state index is -0.269. The highest BCUT2D eigenvalue weighted by molar-refractivity contribution is 6.03. The molecule has 0 aliphatic carbocycles. The lowest BCUT2D eigenvalue weighted by Gasteiger charge is -2.28. The van der Waals surface area contributed by atoms with Crippen molar-refractivity contribution in [3.05, 3.63) is 71.5 Å². The molecule has 0 aliphatic heterocycles. The van der Waals surface area contributed by atoms with Crippen LogP contribution in [0.15, 0.2) is 54.7 Å². The number of nitrogens with zero attached hydrogens (tertiary/aromatic N) is 1. The maximum atomic E-state index is 13.1. The molecule has 2 aromatic carbocycles. The third-order valence-electron chi connectivity index (χ3n) is 5.14. The number of nitrogens with one attached hydrogen (secondary N) is 1. The number of rotatable bonds is 3. The number of hydrogen-bond donors (Lipinski definition) is 3. The number of carbonyl (C=O) groups excluding carboxylic acids is 1. The second-order valence-corrected chi connectivity index (χ2v) is 9.73. The van der Waals surface area contributed by atoms with E-state index in [0.29, 0.717) is 22.8 Å². The van der Waals surface area contributed by atoms with E-state index in [1.165, 1.54) is 0 Å². The van der Waals surface area contributed by atoms with Crippen molar-refractivity contribution in [3.63, 3.8) is 0 Å². The summed E-state index contributed by atoms with van der Waals surface area (Å²) in [6.45, 7) is 12.3. The maximum absolute atomic E-state index is 13.1. The lowest BCUT2D eigenvalue weighted by molar-refractivity contribution is 0.102. The van der Waals surface area contributed by atoms with Crippen molar-refractivity contribution >= 4 is 17.3 Å². The van der Waals surface area contributed by atoms with Crippen LogP contribution in [0.2, 0.25) is 0 Å². The number of carbonyl (C=O) groups is 1. The number of phenolic OH excluding ortho intramolecular Hbond substituents is 1. The fraction of sp³-hybridized carbons (Fsp3) is 0.320. The van der Waals surface area contributed by atoms with E-state index < -0.39 is 0 Å². The van der Waals surface area contributed by atoms with Gasteiger partial charge in [-0.25, -0.2) is 0 Å². The van der Waals surface area contributed by atoms with Gasteiger partial charge in [-0.15, -0.1) is 0 Å². The van der Waals surface area contributed by atoms with Crippen LogP contribution < -0.4 is 11.1 Å². The lowest BCUT2D eigenvalue weighted by atomic mass is 9.79. The zero-order valence-electron chi connectivity index (χ0n) is 18.6. The maximum Gasteiger partial charge on any atom is 0.272 e. The lowest BCUT2D eigenvalue weighted by Crippen LogP contribution is -2.20. The topological polar surface area (TPSA) is 80.3 Å². The molecule has 0 aliphatic rings. The summed E-state index contributed by atoms with van der Waals surface area (Å²) < 4.78 is 1.82. The molecule has 30 heavy (non-hydrogen) atoms. The second kappa shape index (κ2) is 7.56. The van der Waals surface area contributed by atoms with E-state index in [1.54, 1.807) is 6.07 Å². The van der Waals surface area contributed by atoms with Crippen molar-refractivity contribution in [2.75, 3.05) is 11.1 Å². The van der Waals surface area contributed by atoms with E-state index in [1.807, 2.05) is 94.8 Å². The van der Waals surface area contributed by atoms with Crippen LogP contribution in [0.25, 0.3) is 5.69 Å². The molecule has 5 nitrogen and oxygen atoms in total. The van der Waals surface area contributed by atoms with Crippen molar-refractivity contribution in [3.8, 4) is 11.4 Å². The predicted octanol–water partition coefficient (Wildman–Crippen LogP) is 5.61. The Kier molecular flexibility index (Phi) is 5.42. The Hall–Kier alpha value is -3.21. The summed E-state index contributed by atoms with van der Waals surface area (Å²) in [5, 5.41) is 13.9. The first-order chi connectivity index (χ1) is 13.9. The molecule has 0 saturated heterocycles. The summed E-state index contributed by atoms with van der Waals surface area (Å²) in [4.78, 5) is 13.1. The van der Waals surface area contributed by atoms with Gasteiger partial charge in [0.25, 0.3) is 5.91 Å². The van der Waals surface area contributed by atoms with Crippen molar-refractivity contribution < 1.29 is 9.90 Å². The minimum Gasteiger partial charge on any atom is -0.507 e. The van der Waals surface area contributed by atoms with Gasteiger partial charge in [0.1, 0.15) is 11.4 Å². The van der Waals surface area contributed by atoms with Gasteiger partial charge in [0.15, 0.2) is 0 Å². The largest absolute Gasteiger partial charge is 0.507 e. The molecule has 0 unspecified atom stereocenters. The highest BCUT2D eigenvalue weighted by Crippen LogP contribution is 2.41. The van der Waals surface area contributed by atoms with E-state index >= 15 is 0 Å². The molecule has 158 valence electrons. The van der Waals surface area contributed by atoms with Crippen LogP contribution in [0.5, 0.6) is 5.75 Å². The summed E-state index contributed by atoms with van der Waals surface area (Å²) in [5.74, 6) is 0.0699. The van der Waals surface area contributed by atoms with Crippen LogP contribution in [-0.4, -0.2) is 15.6 Å². The molecule has 1 heterocycles. The fourth-order valence-corrected chi connectivity index (χ4v) is 3.47. The monoisotopic (exact) mass is 405 g/mol. The Labute approximate surface area is 178 Å². The van der Waals surface area contributed by atoms with Crippen LogP contribution in [0, 0.1) is 0 Å². The third kappa shape index (κ3) is 4.35. The van der Waals surface area contributed by atoms with Gasteiger partial charge >= 0.3 is 0 Å². The number of aromatic nitrogens is 1. The first-order valence-electron chi connectivity index (χ1n) is 10.1. The van der Waals surface area contributed by atoms with Crippen LogP contribution in [0.1, 0.15) is 63.2 Å². The number of amides is 1. The summed E-state index contributed by atoms with van der Waals surface area (Å²) >= 11 is 0. The van der Waals surface area contributed by atoms with Crippen LogP contribution in [0.3, 0.4) is 0 Å². The van der Waals surface area contributed by atoms with Gasteiger partial charge in [0, 0.05) is 34.4 Å². The zero-order valence-corrected chi connectivity index (χ0v) is 18.6. The molecule has 3 aromatic rings. The molecule has 0 bridgehead atoms. The smallest absolute Gasteiger partial charge is 0.272 e. The summed E-state index contributed by atoms with van der Waals surface area (Å²) in [5.41, 5.74) is 9.56. The zero-order chi connectivity index (χ0) is 22.3. The molecule has 0 saturated carbocycles. The van der Waals surface area contributed by atoms with Gasteiger partial charge in [-0.1, -0.05) is 41.5 Å². The second-order valence-electron chi connectivity index (χ2n) is 9.73. The molecule has 0 radical (unpaired) electrons. The Morgan fingerprint density at radius 2 is 1.47 bits per heavy atom. The number of anilines is 2. The minimum absolute atomic E-state index is 0.220. The number of nitrogens with two attached hydrogens (primary N) is 1. The Balaban J connectivity index is 2.00. The summed E-state index contributed by atoms with van der Waals surface area (Å²) in [6, 6.07) is 14.7. The first-order valence-corrected chi connectivity index (χ1v) is 10.1. The van der Waals surface area contributed by atoms with Gasteiger partial charge in [-0.2, -0.15) is 0 Å². The van der Waals surface area contributed by atoms with Gasteiger partial charge in [-0.05, 0) is 59.4 Å². The van der Waals surface area contributed by atoms with E-state index in [-0.39, 0.29) is 16.7 Å². The fourth-order valence-electron chi connectivity index (χ4n) is 3.47. The van der Waals surface area contributed by atoms with Gasteiger partial charge in [0.05, 0.1) is 0 Å². The number of benzene rings is 2. The standard InChI is InChI=1S/C25H31N3O2/c1-24(2,3)19-14-17(15-20(22(19)29)25(4,5)6)27-23(30)21-8-7-13-28(21)18-11-9-16(26)10-12-18/h7-15,29H,26H2,1-6H3,(H,27,30). The summed E-state index contributed by atoms with van der Waals surface area (Å²) in [7, 11) is 0. The molecular formula is C25H31N3O2. The molecule has 4 N–H and O–H groups in total. The van der Waals surface area contributed by atoms with E-state index in [2.05, 4.69) is 5.32 Å². The third-order valence-corrected chi connectivity index (χ3v) is 5.14. The van der Waals surface area contributed by atoms with Gasteiger partial charge in [0.2, 0.25) is 0 Å². The van der Waals surface area contributed by atoms with Crippen molar-refractivity contribution in [1.82, 2.24) is 4.57 Å². The highest BCUT2D eigenvalue weighted by atomic mass is 16.3. The predicted molar refractivity (Wildman–Crippen MR) is 124 cm³/mol.